The van der Waals surface area contributed by atoms with Gasteiger partial charge in [0.25, 0.3) is 5.91 Å². The van der Waals surface area contributed by atoms with E-state index in [4.69, 9.17) is 0 Å². The number of fused-ring (bicyclic) bond motifs is 1. The van der Waals surface area contributed by atoms with E-state index in [-0.39, 0.29) is 24.8 Å². The molecular formula is C25H36FN3O3S. The molecule has 0 radical (unpaired) electrons. The van der Waals surface area contributed by atoms with Crippen LogP contribution in [0.5, 0.6) is 0 Å². The molecule has 1 unspecified atom stereocenters. The van der Waals surface area contributed by atoms with Crippen molar-refractivity contribution in [3.63, 3.8) is 0 Å². The maximum atomic E-state index is 14.2. The molecule has 2 heterocycles. The molecule has 0 aliphatic carbocycles. The van der Waals surface area contributed by atoms with Gasteiger partial charge in [0.15, 0.2) is 0 Å². The molecular weight excluding hydrogens is 441 g/mol. The third-order valence-corrected chi connectivity index (χ3v) is 7.77. The first-order valence-corrected chi connectivity index (χ1v) is 13.2. The lowest BCUT2D eigenvalue weighted by molar-refractivity contribution is -0.136. The first kappa shape index (κ1) is 25.7. The molecule has 1 aromatic carbocycles. The summed E-state index contributed by atoms with van der Waals surface area (Å²) in [5, 5.41) is 2.30. The van der Waals surface area contributed by atoms with Gasteiger partial charge in [0, 0.05) is 23.4 Å². The number of halogens is 1. The Morgan fingerprint density at radius 2 is 1.76 bits per heavy atom. The molecule has 0 spiro atoms. The van der Waals surface area contributed by atoms with Crippen LogP contribution in [0.15, 0.2) is 17.0 Å². The molecule has 1 atom stereocenters. The third-order valence-electron chi connectivity index (χ3n) is 6.60. The minimum atomic E-state index is -0.676. The Morgan fingerprint density at radius 1 is 1.06 bits per heavy atom. The lowest BCUT2D eigenvalue weighted by Crippen LogP contribution is -2.52. The van der Waals surface area contributed by atoms with Crippen LogP contribution in [0.4, 0.5) is 4.39 Å². The number of carbonyl (C=O) groups is 3. The average molecular weight is 478 g/mol. The van der Waals surface area contributed by atoms with Crippen molar-refractivity contribution in [2.24, 2.45) is 0 Å². The first-order valence-electron chi connectivity index (χ1n) is 12.3. The SMILES string of the molecule is CCN(CC)CCCCCCCCSc1cc(F)cc2c1CN(C1CCC(=O)NC1=O)C2=O. The maximum Gasteiger partial charge on any atom is 0.255 e. The van der Waals surface area contributed by atoms with Crippen LogP contribution < -0.4 is 5.32 Å². The van der Waals surface area contributed by atoms with Crippen LogP contribution in [-0.4, -0.2) is 59.0 Å². The molecule has 1 N–H and O–H groups in total. The van der Waals surface area contributed by atoms with Gasteiger partial charge in [-0.1, -0.05) is 39.5 Å². The van der Waals surface area contributed by atoms with Crippen molar-refractivity contribution in [2.75, 3.05) is 25.4 Å². The summed E-state index contributed by atoms with van der Waals surface area (Å²) in [4.78, 5) is 41.3. The zero-order valence-corrected chi connectivity index (χ0v) is 20.6. The Bertz CT molecular complexity index is 860. The van der Waals surface area contributed by atoms with Gasteiger partial charge in [0.1, 0.15) is 11.9 Å². The summed E-state index contributed by atoms with van der Waals surface area (Å²) in [6, 6.07) is 2.09. The predicted octanol–water partition coefficient (Wildman–Crippen LogP) is 4.36. The number of rotatable bonds is 13. The average Bonchev–Trinajstić information content (AvgIpc) is 3.11. The number of hydrogen-bond acceptors (Lipinski definition) is 5. The van der Waals surface area contributed by atoms with Crippen molar-refractivity contribution in [2.45, 2.75) is 82.7 Å². The first-order chi connectivity index (χ1) is 15.9. The molecule has 6 nitrogen and oxygen atoms in total. The predicted molar refractivity (Wildman–Crippen MR) is 129 cm³/mol. The second-order valence-corrected chi connectivity index (χ2v) is 9.96. The van der Waals surface area contributed by atoms with Crippen molar-refractivity contribution in [1.82, 2.24) is 15.1 Å². The van der Waals surface area contributed by atoms with Crippen molar-refractivity contribution >= 4 is 29.5 Å². The third kappa shape index (κ3) is 6.79. The van der Waals surface area contributed by atoms with Crippen LogP contribution >= 0.6 is 11.8 Å². The van der Waals surface area contributed by atoms with Crippen LogP contribution in [0, 0.1) is 5.82 Å². The molecule has 0 bridgehead atoms. The molecule has 33 heavy (non-hydrogen) atoms. The zero-order valence-electron chi connectivity index (χ0n) is 19.8. The van der Waals surface area contributed by atoms with Gasteiger partial charge in [0.2, 0.25) is 11.8 Å². The number of hydrogen-bond donors (Lipinski definition) is 1. The number of unbranched alkanes of at least 4 members (excludes halogenated alkanes) is 5. The van der Waals surface area contributed by atoms with E-state index in [2.05, 4.69) is 24.1 Å². The Labute approximate surface area is 200 Å². The van der Waals surface area contributed by atoms with Gasteiger partial charge in [0.05, 0.1) is 0 Å². The molecule has 182 valence electrons. The Hall–Kier alpha value is -1.93. The van der Waals surface area contributed by atoms with Crippen LogP contribution in [0.1, 0.15) is 81.1 Å². The van der Waals surface area contributed by atoms with Crippen LogP contribution in [0.3, 0.4) is 0 Å². The quantitative estimate of drug-likeness (QED) is 0.260. The number of nitrogens with zero attached hydrogens (tertiary/aromatic N) is 2. The molecule has 3 rings (SSSR count). The van der Waals surface area contributed by atoms with Gasteiger partial charge in [-0.15, -0.1) is 11.8 Å². The fourth-order valence-corrected chi connectivity index (χ4v) is 5.70. The van der Waals surface area contributed by atoms with E-state index < -0.39 is 17.8 Å². The molecule has 8 heteroatoms. The van der Waals surface area contributed by atoms with Gasteiger partial charge in [-0.2, -0.15) is 0 Å². The summed E-state index contributed by atoms with van der Waals surface area (Å²) < 4.78 is 14.2. The van der Waals surface area contributed by atoms with Crippen molar-refractivity contribution in [3.05, 3.63) is 29.1 Å². The number of nitrogens with one attached hydrogen (secondary N) is 1. The maximum absolute atomic E-state index is 14.2. The van der Waals surface area contributed by atoms with E-state index in [1.807, 2.05) is 0 Å². The minimum Gasteiger partial charge on any atom is -0.322 e. The highest BCUT2D eigenvalue weighted by atomic mass is 32.2. The Morgan fingerprint density at radius 3 is 2.45 bits per heavy atom. The van der Waals surface area contributed by atoms with Gasteiger partial charge in [-0.05, 0) is 62.3 Å². The van der Waals surface area contributed by atoms with Crippen molar-refractivity contribution in [1.29, 1.82) is 0 Å². The van der Waals surface area contributed by atoms with E-state index in [9.17, 15) is 18.8 Å². The van der Waals surface area contributed by atoms with Crippen molar-refractivity contribution in [3.8, 4) is 0 Å². The van der Waals surface area contributed by atoms with Crippen molar-refractivity contribution < 1.29 is 18.8 Å². The summed E-state index contributed by atoms with van der Waals surface area (Å²) in [5.41, 5.74) is 1.14. The smallest absolute Gasteiger partial charge is 0.255 e. The van der Waals surface area contributed by atoms with Crippen LogP contribution in [0.25, 0.3) is 0 Å². The highest BCUT2D eigenvalue weighted by Gasteiger charge is 2.40. The second-order valence-electron chi connectivity index (χ2n) is 8.83. The number of imide groups is 1. The number of amides is 3. The second kappa shape index (κ2) is 12.5. The summed E-state index contributed by atoms with van der Waals surface area (Å²) in [6.07, 6.45) is 7.70. The highest BCUT2D eigenvalue weighted by Crippen LogP contribution is 2.35. The molecule has 0 aromatic heterocycles. The standard InChI is InChI=1S/C25H36FN3O3S/c1-3-28(4-2)13-9-7-5-6-8-10-14-33-22-16-18(26)15-19-20(22)17-29(25(19)32)21-11-12-23(30)27-24(21)31/h15-16,21H,3-14,17H2,1-2H3,(H,27,30,31). The molecule has 1 saturated heterocycles. The van der Waals surface area contributed by atoms with E-state index in [1.54, 1.807) is 11.8 Å². The molecule has 2 aliphatic heterocycles. The fraction of sp³-hybridized carbons (Fsp3) is 0.640. The summed E-state index contributed by atoms with van der Waals surface area (Å²) >= 11 is 1.59. The summed E-state index contributed by atoms with van der Waals surface area (Å²) in [6.45, 7) is 8.12. The minimum absolute atomic E-state index is 0.210. The lowest BCUT2D eigenvalue weighted by atomic mass is 10.0. The molecule has 3 amide bonds. The van der Waals surface area contributed by atoms with E-state index in [0.29, 0.717) is 12.0 Å². The lowest BCUT2D eigenvalue weighted by Gasteiger charge is -2.29. The van der Waals surface area contributed by atoms with Gasteiger partial charge < -0.3 is 9.80 Å². The summed E-state index contributed by atoms with van der Waals surface area (Å²) in [5.74, 6) is -0.638. The summed E-state index contributed by atoms with van der Waals surface area (Å²) in [7, 11) is 0. The zero-order chi connectivity index (χ0) is 23.8. The number of thioether (sulfide) groups is 1. The molecule has 1 fully saturated rings. The molecule has 1 aromatic rings. The van der Waals surface area contributed by atoms with Crippen LogP contribution in [-0.2, 0) is 16.1 Å². The normalized spacial score (nSPS) is 18.2. The van der Waals surface area contributed by atoms with E-state index in [1.165, 1.54) is 49.3 Å². The van der Waals surface area contributed by atoms with E-state index in [0.717, 1.165) is 42.1 Å². The fourth-order valence-electron chi connectivity index (χ4n) is 4.59. The topological polar surface area (TPSA) is 69.7 Å². The van der Waals surface area contributed by atoms with Gasteiger partial charge in [-0.3, -0.25) is 19.7 Å². The Kier molecular flexibility index (Phi) is 9.74. The van der Waals surface area contributed by atoms with Gasteiger partial charge >= 0.3 is 0 Å². The van der Waals surface area contributed by atoms with Crippen LogP contribution in [0.2, 0.25) is 0 Å². The molecule has 2 aliphatic rings. The number of carbonyl (C=O) groups excluding carboxylic acids is 3. The Balaban J connectivity index is 1.45. The highest BCUT2D eigenvalue weighted by molar-refractivity contribution is 7.99. The largest absolute Gasteiger partial charge is 0.322 e. The number of piperidine rings is 1. The van der Waals surface area contributed by atoms with Gasteiger partial charge in [-0.25, -0.2) is 4.39 Å². The monoisotopic (exact) mass is 477 g/mol. The molecule has 0 saturated carbocycles. The van der Waals surface area contributed by atoms with E-state index >= 15 is 0 Å². The number of benzene rings is 1.